The molecule has 1 aliphatic heterocycles. The van der Waals surface area contributed by atoms with Gasteiger partial charge in [-0.2, -0.15) is 13.2 Å². The second-order valence-electron chi connectivity index (χ2n) is 8.81. The lowest BCUT2D eigenvalue weighted by Crippen LogP contribution is -2.24. The smallest absolute Gasteiger partial charge is 0.418 e. The number of carbonyl (C=O) groups excluding carboxylic acids is 1. The zero-order chi connectivity index (χ0) is 25.2. The number of amides is 1. The molecule has 0 radical (unpaired) electrons. The number of halogens is 3. The van der Waals surface area contributed by atoms with Crippen LogP contribution < -0.4 is 5.32 Å². The van der Waals surface area contributed by atoms with Crippen LogP contribution in [0.4, 0.5) is 13.2 Å². The van der Waals surface area contributed by atoms with Gasteiger partial charge in [0.2, 0.25) is 0 Å². The third-order valence-corrected chi connectivity index (χ3v) is 7.20. The van der Waals surface area contributed by atoms with Crippen LogP contribution in [0, 0.1) is 5.92 Å². The maximum absolute atomic E-state index is 14.2. The van der Waals surface area contributed by atoms with Gasteiger partial charge in [0, 0.05) is 4.88 Å². The molecule has 35 heavy (non-hydrogen) atoms. The number of aliphatic hydroxyl groups excluding tert-OH is 1. The van der Waals surface area contributed by atoms with Crippen LogP contribution in [0.15, 0.2) is 76.0 Å². The normalized spacial score (nSPS) is 18.9. The SMILES string of the molecule is CCCC(C)c1cccc(C2=CCC3C(=NC(C(=O)NCc4cccs4)=C3O)C(C(F)(F)F)=C2)c1. The van der Waals surface area contributed by atoms with Gasteiger partial charge in [0.25, 0.3) is 5.91 Å². The zero-order valence-electron chi connectivity index (χ0n) is 19.5. The fourth-order valence-corrected chi connectivity index (χ4v) is 5.08. The van der Waals surface area contributed by atoms with Crippen LogP contribution in [-0.2, 0) is 11.3 Å². The molecular weight excluding hydrogens is 473 g/mol. The Morgan fingerprint density at radius 3 is 2.77 bits per heavy atom. The van der Waals surface area contributed by atoms with Gasteiger partial charge in [0.15, 0.2) is 5.70 Å². The van der Waals surface area contributed by atoms with Crippen molar-refractivity contribution in [3.63, 3.8) is 0 Å². The molecule has 0 fully saturated rings. The Labute approximate surface area is 206 Å². The second-order valence-corrected chi connectivity index (χ2v) is 9.84. The van der Waals surface area contributed by atoms with Crippen molar-refractivity contribution in [1.82, 2.24) is 5.32 Å². The highest BCUT2D eigenvalue weighted by molar-refractivity contribution is 7.09. The van der Waals surface area contributed by atoms with Crippen molar-refractivity contribution in [2.24, 2.45) is 10.9 Å². The molecule has 2 aromatic rings. The van der Waals surface area contributed by atoms with E-state index in [0.29, 0.717) is 17.1 Å². The maximum atomic E-state index is 14.2. The lowest BCUT2D eigenvalue weighted by molar-refractivity contribution is -0.117. The maximum Gasteiger partial charge on any atom is 0.418 e. The van der Waals surface area contributed by atoms with Crippen molar-refractivity contribution < 1.29 is 23.1 Å². The van der Waals surface area contributed by atoms with E-state index in [0.717, 1.165) is 29.4 Å². The van der Waals surface area contributed by atoms with Gasteiger partial charge in [0.1, 0.15) is 5.76 Å². The van der Waals surface area contributed by atoms with Gasteiger partial charge < -0.3 is 10.4 Å². The summed E-state index contributed by atoms with van der Waals surface area (Å²) in [4.78, 5) is 17.5. The van der Waals surface area contributed by atoms with E-state index in [4.69, 9.17) is 0 Å². The van der Waals surface area contributed by atoms with Gasteiger partial charge in [-0.1, -0.05) is 56.7 Å². The summed E-state index contributed by atoms with van der Waals surface area (Å²) in [6, 6.07) is 11.2. The van der Waals surface area contributed by atoms with Crippen molar-refractivity contribution in [2.75, 3.05) is 0 Å². The van der Waals surface area contributed by atoms with E-state index in [-0.39, 0.29) is 24.4 Å². The van der Waals surface area contributed by atoms with E-state index < -0.39 is 29.3 Å². The number of hydrogen-bond acceptors (Lipinski definition) is 4. The van der Waals surface area contributed by atoms with Gasteiger partial charge in [0.05, 0.1) is 23.7 Å². The number of nitrogens with zero attached hydrogens (tertiary/aromatic N) is 1. The van der Waals surface area contributed by atoms with Crippen LogP contribution in [-0.4, -0.2) is 22.9 Å². The summed E-state index contributed by atoms with van der Waals surface area (Å²) >= 11 is 1.44. The quantitative estimate of drug-likeness (QED) is 0.427. The zero-order valence-corrected chi connectivity index (χ0v) is 20.3. The molecule has 0 spiro atoms. The number of alkyl halides is 3. The van der Waals surface area contributed by atoms with Crippen LogP contribution in [0.5, 0.6) is 0 Å². The lowest BCUT2D eigenvalue weighted by atomic mass is 9.92. The molecule has 1 aromatic heterocycles. The Morgan fingerprint density at radius 2 is 2.09 bits per heavy atom. The highest BCUT2D eigenvalue weighted by Gasteiger charge is 2.45. The van der Waals surface area contributed by atoms with Gasteiger partial charge in [-0.15, -0.1) is 11.3 Å². The number of rotatable bonds is 7. The van der Waals surface area contributed by atoms with E-state index >= 15 is 0 Å². The molecule has 1 amide bonds. The summed E-state index contributed by atoms with van der Waals surface area (Å²) in [5, 5.41) is 15.2. The van der Waals surface area contributed by atoms with E-state index in [1.165, 1.54) is 11.3 Å². The molecule has 2 unspecified atom stereocenters. The Morgan fingerprint density at radius 1 is 1.29 bits per heavy atom. The summed E-state index contributed by atoms with van der Waals surface area (Å²) in [6.07, 6.45) is 0.181. The minimum Gasteiger partial charge on any atom is -0.509 e. The molecule has 2 heterocycles. The topological polar surface area (TPSA) is 61.7 Å². The fourth-order valence-electron chi connectivity index (χ4n) is 4.44. The molecule has 0 saturated carbocycles. The minimum atomic E-state index is -4.70. The van der Waals surface area contributed by atoms with Crippen LogP contribution >= 0.6 is 11.3 Å². The summed E-state index contributed by atoms with van der Waals surface area (Å²) in [6.45, 7) is 4.42. The average Bonchev–Trinajstić information content (AvgIpc) is 3.40. The number of aliphatic imine (C=N–C) groups is 1. The number of allylic oxidation sites excluding steroid dienone is 5. The van der Waals surface area contributed by atoms with Crippen molar-refractivity contribution >= 4 is 28.5 Å². The first-order chi connectivity index (χ1) is 16.7. The lowest BCUT2D eigenvalue weighted by Gasteiger charge is -2.16. The van der Waals surface area contributed by atoms with E-state index in [1.54, 1.807) is 12.1 Å². The van der Waals surface area contributed by atoms with Crippen molar-refractivity contribution in [3.8, 4) is 0 Å². The van der Waals surface area contributed by atoms with Gasteiger partial charge in [-0.05, 0) is 53.0 Å². The highest BCUT2D eigenvalue weighted by Crippen LogP contribution is 2.41. The standard InChI is InChI=1S/C27H27F3N2O2S/c1-3-6-16(2)17-7-4-8-18(13-17)19-10-11-21-23(22(14-19)27(28,29)30)32-24(25(21)33)26(34)31-15-20-9-5-12-35-20/h4-5,7-10,12-14,16,21,33H,3,6,11,15H2,1-2H3,(H,31,34). The average molecular weight is 501 g/mol. The largest absolute Gasteiger partial charge is 0.509 e. The number of nitrogens with one attached hydrogen (secondary N) is 1. The molecule has 8 heteroatoms. The molecule has 2 aliphatic rings. The number of aliphatic hydroxyl groups is 1. The summed E-state index contributed by atoms with van der Waals surface area (Å²) in [5.74, 6) is -1.85. The molecule has 2 N–H and O–H groups in total. The van der Waals surface area contributed by atoms with E-state index in [2.05, 4.69) is 24.2 Å². The Kier molecular flexibility index (Phi) is 7.31. The predicted octanol–water partition coefficient (Wildman–Crippen LogP) is 7.08. The third kappa shape index (κ3) is 5.42. The molecule has 184 valence electrons. The molecule has 2 atom stereocenters. The number of carbonyl (C=O) groups is 1. The van der Waals surface area contributed by atoms with Crippen molar-refractivity contribution in [3.05, 3.63) is 87.0 Å². The monoisotopic (exact) mass is 500 g/mol. The van der Waals surface area contributed by atoms with Gasteiger partial charge in [-0.25, -0.2) is 4.99 Å². The molecule has 0 saturated heterocycles. The van der Waals surface area contributed by atoms with Crippen molar-refractivity contribution in [2.45, 2.75) is 51.7 Å². The van der Waals surface area contributed by atoms with Gasteiger partial charge >= 0.3 is 6.18 Å². The van der Waals surface area contributed by atoms with Crippen LogP contribution in [0.25, 0.3) is 5.57 Å². The van der Waals surface area contributed by atoms with Crippen LogP contribution in [0.1, 0.15) is 55.0 Å². The van der Waals surface area contributed by atoms with Crippen molar-refractivity contribution in [1.29, 1.82) is 0 Å². The number of benzene rings is 1. The molecule has 4 nitrogen and oxygen atoms in total. The third-order valence-electron chi connectivity index (χ3n) is 6.32. The van der Waals surface area contributed by atoms with E-state index in [1.807, 2.05) is 35.7 Å². The Hall–Kier alpha value is -3.13. The minimum absolute atomic E-state index is 0.104. The molecular formula is C27H27F3N2O2S. The van der Waals surface area contributed by atoms with Gasteiger partial charge in [-0.3, -0.25) is 4.79 Å². The second kappa shape index (κ2) is 10.2. The molecule has 1 aromatic carbocycles. The summed E-state index contributed by atoms with van der Waals surface area (Å²) in [5.41, 5.74) is 0.566. The van der Waals surface area contributed by atoms with Crippen LogP contribution in [0.3, 0.4) is 0 Å². The van der Waals surface area contributed by atoms with Crippen LogP contribution in [0.2, 0.25) is 0 Å². The number of thiophene rings is 1. The molecule has 1 aliphatic carbocycles. The summed E-state index contributed by atoms with van der Waals surface area (Å²) in [7, 11) is 0. The van der Waals surface area contributed by atoms with E-state index in [9.17, 15) is 23.1 Å². The first kappa shape index (κ1) is 25.0. The molecule has 0 bridgehead atoms. The first-order valence-corrected chi connectivity index (χ1v) is 12.5. The summed E-state index contributed by atoms with van der Waals surface area (Å²) < 4.78 is 42.5. The number of fused-ring (bicyclic) bond motifs is 1. The predicted molar refractivity (Wildman–Crippen MR) is 133 cm³/mol. The Balaban J connectivity index is 1.65. The Bertz CT molecular complexity index is 1220. The highest BCUT2D eigenvalue weighted by atomic mass is 32.1. The number of hydrogen-bond donors (Lipinski definition) is 2. The molecule has 4 rings (SSSR count). The first-order valence-electron chi connectivity index (χ1n) is 11.6. The fraction of sp³-hybridized carbons (Fsp3) is 0.333.